The van der Waals surface area contributed by atoms with Crippen molar-refractivity contribution in [1.29, 1.82) is 5.41 Å². The maximum Gasteiger partial charge on any atom is 0.113 e. The summed E-state index contributed by atoms with van der Waals surface area (Å²) < 4.78 is 1.83. The summed E-state index contributed by atoms with van der Waals surface area (Å²) in [7, 11) is 0. The Morgan fingerprint density at radius 2 is 1.58 bits per heavy atom. The summed E-state index contributed by atoms with van der Waals surface area (Å²) in [5.74, 6) is 0. The van der Waals surface area contributed by atoms with Gasteiger partial charge in [-0.25, -0.2) is 4.68 Å². The first-order valence-corrected chi connectivity index (χ1v) is 11.7. The molecule has 5 nitrogen and oxygen atoms in total. The Morgan fingerprint density at radius 3 is 2.33 bits per heavy atom. The Labute approximate surface area is 194 Å². The van der Waals surface area contributed by atoms with E-state index in [4.69, 9.17) is 5.41 Å². The number of benzene rings is 3. The van der Waals surface area contributed by atoms with E-state index in [1.54, 1.807) is 0 Å². The van der Waals surface area contributed by atoms with E-state index in [0.717, 1.165) is 40.0 Å². The molecule has 1 saturated heterocycles. The molecule has 0 unspecified atom stereocenters. The van der Waals surface area contributed by atoms with Crippen LogP contribution in [0.3, 0.4) is 0 Å². The average molecular weight is 436 g/mol. The number of aromatic nitrogens is 3. The smallest absolute Gasteiger partial charge is 0.113 e. The maximum absolute atomic E-state index is 8.58. The molecule has 4 aromatic rings. The van der Waals surface area contributed by atoms with Crippen LogP contribution in [0.1, 0.15) is 42.9 Å². The maximum atomic E-state index is 8.58. The van der Waals surface area contributed by atoms with Crippen molar-refractivity contribution in [3.8, 4) is 5.69 Å². The molecule has 1 aliphatic heterocycles. The number of para-hydroxylation sites is 1. The minimum Gasteiger partial charge on any atom is -0.300 e. The summed E-state index contributed by atoms with van der Waals surface area (Å²) in [6.07, 6.45) is 5.95. The van der Waals surface area contributed by atoms with E-state index in [0.29, 0.717) is 5.71 Å². The molecule has 0 bridgehead atoms. The Hall–Kier alpha value is -3.57. The van der Waals surface area contributed by atoms with E-state index >= 15 is 0 Å². The number of allylic oxidation sites excluding steroid dienone is 2. The second kappa shape index (κ2) is 9.51. The van der Waals surface area contributed by atoms with Gasteiger partial charge < -0.3 is 5.41 Å². The lowest BCUT2D eigenvalue weighted by Gasteiger charge is -2.26. The van der Waals surface area contributed by atoms with Gasteiger partial charge in [0.05, 0.1) is 16.9 Å². The molecule has 1 aromatic heterocycles. The molecule has 0 saturated carbocycles. The van der Waals surface area contributed by atoms with Gasteiger partial charge in [0.2, 0.25) is 0 Å². The third kappa shape index (κ3) is 4.78. The van der Waals surface area contributed by atoms with Crippen molar-refractivity contribution in [1.82, 2.24) is 19.9 Å². The van der Waals surface area contributed by atoms with E-state index in [1.807, 2.05) is 59.3 Å². The number of fused-ring (bicyclic) bond motifs is 1. The summed E-state index contributed by atoms with van der Waals surface area (Å²) in [5.41, 5.74) is 7.77. The summed E-state index contributed by atoms with van der Waals surface area (Å²) >= 11 is 0. The lowest BCUT2D eigenvalue weighted by Crippen LogP contribution is -2.29. The van der Waals surface area contributed by atoms with Crippen molar-refractivity contribution < 1.29 is 0 Å². The van der Waals surface area contributed by atoms with Crippen LogP contribution in [0, 0.1) is 5.41 Å². The topological polar surface area (TPSA) is 57.8 Å². The van der Waals surface area contributed by atoms with Crippen LogP contribution >= 0.6 is 0 Å². The fourth-order valence-electron chi connectivity index (χ4n) is 4.47. The standard InChI is InChI=1S/C28H29N5/c1-21(23-11-9-22(10-12-23)20-32-17-5-2-6-18-32)19-26(29)24-13-15-25(16-14-24)33-28-8-4-3-7-27(28)30-31-33/h3-4,7-16,19,29H,2,5-6,17-18,20H2,1H3/b21-19+,29-26?. The average Bonchev–Trinajstić information content (AvgIpc) is 3.29. The van der Waals surface area contributed by atoms with Crippen LogP contribution in [-0.2, 0) is 6.54 Å². The SMILES string of the molecule is C/C(=C\C(=N)c1ccc(-n2nnc3ccccc32)cc1)c1ccc(CN2CCCCC2)cc1. The van der Waals surface area contributed by atoms with Gasteiger partial charge in [-0.2, -0.15) is 0 Å². The van der Waals surface area contributed by atoms with Crippen molar-refractivity contribution in [3.05, 3.63) is 95.6 Å². The normalized spacial score (nSPS) is 15.1. The summed E-state index contributed by atoms with van der Waals surface area (Å²) in [6.45, 7) is 5.53. The van der Waals surface area contributed by atoms with E-state index < -0.39 is 0 Å². The summed E-state index contributed by atoms with van der Waals surface area (Å²) in [6, 6.07) is 24.6. The molecule has 0 amide bonds. The number of rotatable bonds is 6. The Morgan fingerprint density at radius 1 is 0.879 bits per heavy atom. The van der Waals surface area contributed by atoms with Gasteiger partial charge in [-0.05, 0) is 85.5 Å². The number of hydrogen-bond donors (Lipinski definition) is 1. The second-order valence-electron chi connectivity index (χ2n) is 8.81. The zero-order chi connectivity index (χ0) is 22.6. The molecule has 2 heterocycles. The van der Waals surface area contributed by atoms with Crippen molar-refractivity contribution in [2.24, 2.45) is 0 Å². The largest absolute Gasteiger partial charge is 0.300 e. The van der Waals surface area contributed by atoms with Crippen LogP contribution < -0.4 is 0 Å². The summed E-state index contributed by atoms with van der Waals surface area (Å²) in [5, 5.41) is 17.1. The molecule has 5 heteroatoms. The van der Waals surface area contributed by atoms with E-state index in [9.17, 15) is 0 Å². The molecule has 1 fully saturated rings. The van der Waals surface area contributed by atoms with Crippen LogP contribution in [0.15, 0.2) is 78.9 Å². The monoisotopic (exact) mass is 435 g/mol. The van der Waals surface area contributed by atoms with Gasteiger partial charge in [0.1, 0.15) is 5.52 Å². The van der Waals surface area contributed by atoms with Gasteiger partial charge in [0.25, 0.3) is 0 Å². The van der Waals surface area contributed by atoms with Crippen LogP contribution in [-0.4, -0.2) is 38.7 Å². The highest BCUT2D eigenvalue weighted by Gasteiger charge is 2.11. The minimum absolute atomic E-state index is 0.500. The second-order valence-corrected chi connectivity index (χ2v) is 8.81. The van der Waals surface area contributed by atoms with Gasteiger partial charge in [-0.1, -0.05) is 60.2 Å². The first kappa shape index (κ1) is 21.3. The third-order valence-electron chi connectivity index (χ3n) is 6.40. The highest BCUT2D eigenvalue weighted by Crippen LogP contribution is 2.20. The Balaban J connectivity index is 1.27. The lowest BCUT2D eigenvalue weighted by atomic mass is 10.0. The fourth-order valence-corrected chi connectivity index (χ4v) is 4.47. The van der Waals surface area contributed by atoms with Gasteiger partial charge in [0.15, 0.2) is 0 Å². The zero-order valence-electron chi connectivity index (χ0n) is 19.0. The molecule has 0 radical (unpaired) electrons. The minimum atomic E-state index is 0.500. The number of hydrogen-bond acceptors (Lipinski definition) is 4. The number of nitrogens with zero attached hydrogens (tertiary/aromatic N) is 4. The van der Waals surface area contributed by atoms with Crippen LogP contribution in [0.5, 0.6) is 0 Å². The molecule has 1 N–H and O–H groups in total. The molecule has 0 atom stereocenters. The highest BCUT2D eigenvalue weighted by molar-refractivity contribution is 6.10. The fraction of sp³-hybridized carbons (Fsp3) is 0.250. The van der Waals surface area contributed by atoms with Gasteiger partial charge >= 0.3 is 0 Å². The molecule has 3 aromatic carbocycles. The predicted octanol–water partition coefficient (Wildman–Crippen LogP) is 5.88. The van der Waals surface area contributed by atoms with Crippen molar-refractivity contribution in [3.63, 3.8) is 0 Å². The summed E-state index contributed by atoms with van der Waals surface area (Å²) in [4.78, 5) is 2.54. The Bertz CT molecular complexity index is 1280. The number of likely N-dealkylation sites (tertiary alicyclic amines) is 1. The molecular weight excluding hydrogens is 406 g/mol. The predicted molar refractivity (Wildman–Crippen MR) is 135 cm³/mol. The van der Waals surface area contributed by atoms with Crippen LogP contribution in [0.2, 0.25) is 0 Å². The number of piperidine rings is 1. The van der Waals surface area contributed by atoms with E-state index in [-0.39, 0.29) is 0 Å². The van der Waals surface area contributed by atoms with Crippen LogP contribution in [0.25, 0.3) is 22.3 Å². The molecular formula is C28H29N5. The molecule has 166 valence electrons. The molecule has 0 aliphatic carbocycles. The molecule has 33 heavy (non-hydrogen) atoms. The third-order valence-corrected chi connectivity index (χ3v) is 6.40. The Kier molecular flexibility index (Phi) is 6.13. The van der Waals surface area contributed by atoms with Crippen molar-refractivity contribution >= 4 is 22.3 Å². The molecule has 0 spiro atoms. The van der Waals surface area contributed by atoms with Gasteiger partial charge in [-0.15, -0.1) is 5.10 Å². The highest BCUT2D eigenvalue weighted by atomic mass is 15.4. The van der Waals surface area contributed by atoms with Gasteiger partial charge in [-0.3, -0.25) is 4.90 Å². The van der Waals surface area contributed by atoms with Crippen LogP contribution in [0.4, 0.5) is 0 Å². The van der Waals surface area contributed by atoms with E-state index in [1.165, 1.54) is 37.9 Å². The van der Waals surface area contributed by atoms with E-state index in [2.05, 4.69) is 46.4 Å². The first-order valence-electron chi connectivity index (χ1n) is 11.7. The van der Waals surface area contributed by atoms with Gasteiger partial charge in [0, 0.05) is 6.54 Å². The number of nitrogens with one attached hydrogen (secondary N) is 1. The van der Waals surface area contributed by atoms with Crippen molar-refractivity contribution in [2.45, 2.75) is 32.7 Å². The molecule has 5 rings (SSSR count). The lowest BCUT2D eigenvalue weighted by molar-refractivity contribution is 0.221. The zero-order valence-corrected chi connectivity index (χ0v) is 19.0. The quantitative estimate of drug-likeness (QED) is 0.385. The first-order chi connectivity index (χ1) is 16.2. The molecule has 1 aliphatic rings. The van der Waals surface area contributed by atoms with Crippen molar-refractivity contribution in [2.75, 3.05) is 13.1 Å².